The van der Waals surface area contributed by atoms with Gasteiger partial charge in [-0.15, -0.1) is 0 Å². The molecule has 1 aromatic rings. The number of nitrogens with zero attached hydrogens (tertiary/aromatic N) is 1. The third-order valence-corrected chi connectivity index (χ3v) is 4.48. The molecule has 0 bridgehead atoms. The lowest BCUT2D eigenvalue weighted by atomic mass is 9.98. The number of nitrogens with one attached hydrogen (secondary N) is 1. The van der Waals surface area contributed by atoms with Gasteiger partial charge in [-0.1, -0.05) is 28.9 Å². The van der Waals surface area contributed by atoms with Gasteiger partial charge in [0.15, 0.2) is 0 Å². The number of piperidine rings is 1. The maximum Gasteiger partial charge on any atom is 0.0476 e. The van der Waals surface area contributed by atoms with Gasteiger partial charge in [-0.2, -0.15) is 0 Å². The van der Waals surface area contributed by atoms with Gasteiger partial charge in [0.05, 0.1) is 0 Å². The number of aliphatic hydroxyl groups is 1. The van der Waals surface area contributed by atoms with Gasteiger partial charge >= 0.3 is 0 Å². The molecule has 2 rings (SSSR count). The van der Waals surface area contributed by atoms with Crippen molar-refractivity contribution in [2.24, 2.45) is 5.92 Å². The zero-order valence-electron chi connectivity index (χ0n) is 11.5. The molecular formula is C15H23BrN2O. The maximum absolute atomic E-state index is 9.31. The van der Waals surface area contributed by atoms with E-state index >= 15 is 0 Å². The monoisotopic (exact) mass is 326 g/mol. The third-order valence-electron chi connectivity index (χ3n) is 3.74. The number of anilines is 1. The molecule has 0 amide bonds. The average Bonchev–Trinajstić information content (AvgIpc) is 2.46. The van der Waals surface area contributed by atoms with Gasteiger partial charge in [-0.25, -0.2) is 0 Å². The quantitative estimate of drug-likeness (QED) is 0.873. The normalized spacial score (nSPS) is 19.7. The van der Waals surface area contributed by atoms with Crippen molar-refractivity contribution in [3.05, 3.63) is 28.2 Å². The van der Waals surface area contributed by atoms with Crippen LogP contribution in [0.2, 0.25) is 0 Å². The van der Waals surface area contributed by atoms with Crippen LogP contribution in [0.5, 0.6) is 0 Å². The summed E-state index contributed by atoms with van der Waals surface area (Å²) in [5.74, 6) is 0.425. The summed E-state index contributed by atoms with van der Waals surface area (Å²) in [6.07, 6.45) is 2.31. The van der Waals surface area contributed by atoms with Crippen LogP contribution in [0, 0.1) is 5.92 Å². The fraction of sp³-hybridized carbons (Fsp3) is 0.600. The first-order valence-corrected chi connectivity index (χ1v) is 7.88. The fourth-order valence-electron chi connectivity index (χ4n) is 2.58. The minimum atomic E-state index is 0.302. The van der Waals surface area contributed by atoms with E-state index in [4.69, 9.17) is 0 Å². The van der Waals surface area contributed by atoms with Crippen LogP contribution in [0.1, 0.15) is 25.3 Å². The number of benzene rings is 1. The Kier molecular flexibility index (Phi) is 5.67. The molecule has 1 atom stereocenters. The zero-order valence-corrected chi connectivity index (χ0v) is 13.1. The first kappa shape index (κ1) is 14.8. The number of aliphatic hydroxyl groups excluding tert-OH is 1. The van der Waals surface area contributed by atoms with Gasteiger partial charge < -0.3 is 15.3 Å². The molecule has 0 spiro atoms. The lowest BCUT2D eigenvalue weighted by Crippen LogP contribution is -2.36. The number of hydrogen-bond donors (Lipinski definition) is 2. The number of hydrogen-bond acceptors (Lipinski definition) is 3. The third kappa shape index (κ3) is 3.94. The van der Waals surface area contributed by atoms with Gasteiger partial charge in [0.1, 0.15) is 0 Å². The fourth-order valence-corrected chi connectivity index (χ4v) is 3.09. The van der Waals surface area contributed by atoms with Gasteiger partial charge in [0, 0.05) is 36.4 Å². The average molecular weight is 327 g/mol. The molecule has 1 fully saturated rings. The minimum absolute atomic E-state index is 0.302. The molecular weight excluding hydrogens is 304 g/mol. The Hall–Kier alpha value is -0.580. The van der Waals surface area contributed by atoms with Crippen molar-refractivity contribution in [1.29, 1.82) is 0 Å². The van der Waals surface area contributed by atoms with Crippen LogP contribution in [-0.4, -0.2) is 31.3 Å². The van der Waals surface area contributed by atoms with Crippen molar-refractivity contribution in [3.63, 3.8) is 0 Å². The van der Waals surface area contributed by atoms with Crippen LogP contribution in [-0.2, 0) is 6.54 Å². The lowest BCUT2D eigenvalue weighted by molar-refractivity contribution is 0.208. The molecule has 0 aromatic heterocycles. The summed E-state index contributed by atoms with van der Waals surface area (Å²) < 4.78 is 1.16. The van der Waals surface area contributed by atoms with E-state index in [1.54, 1.807) is 0 Å². The van der Waals surface area contributed by atoms with Crippen molar-refractivity contribution in [2.45, 2.75) is 26.3 Å². The van der Waals surface area contributed by atoms with Crippen LogP contribution in [0.25, 0.3) is 0 Å². The first-order valence-electron chi connectivity index (χ1n) is 7.09. The van der Waals surface area contributed by atoms with Gasteiger partial charge in [-0.05, 0) is 43.0 Å². The molecule has 0 aliphatic carbocycles. The van der Waals surface area contributed by atoms with Crippen molar-refractivity contribution >= 4 is 21.6 Å². The van der Waals surface area contributed by atoms with Crippen LogP contribution in [0.15, 0.2) is 22.7 Å². The Labute approximate surface area is 124 Å². The summed E-state index contributed by atoms with van der Waals surface area (Å²) in [6.45, 7) is 6.36. The van der Waals surface area contributed by atoms with E-state index in [0.29, 0.717) is 12.5 Å². The summed E-state index contributed by atoms with van der Waals surface area (Å²) in [4.78, 5) is 2.38. The van der Waals surface area contributed by atoms with Gasteiger partial charge in [0.2, 0.25) is 0 Å². The van der Waals surface area contributed by atoms with Crippen molar-refractivity contribution in [1.82, 2.24) is 5.32 Å². The van der Waals surface area contributed by atoms with Crippen molar-refractivity contribution in [2.75, 3.05) is 31.1 Å². The predicted octanol–water partition coefficient (Wildman–Crippen LogP) is 2.77. The SMILES string of the molecule is CCNCc1ccc(N2CCCC(CO)C2)cc1Br. The van der Waals surface area contributed by atoms with Crippen LogP contribution >= 0.6 is 15.9 Å². The zero-order chi connectivity index (χ0) is 13.7. The Morgan fingerprint density at radius 2 is 2.32 bits per heavy atom. The second kappa shape index (κ2) is 7.27. The Bertz CT molecular complexity index is 411. The lowest BCUT2D eigenvalue weighted by Gasteiger charge is -2.33. The Morgan fingerprint density at radius 1 is 1.47 bits per heavy atom. The van der Waals surface area contributed by atoms with E-state index in [0.717, 1.165) is 37.1 Å². The second-order valence-electron chi connectivity index (χ2n) is 5.19. The molecule has 19 heavy (non-hydrogen) atoms. The molecule has 106 valence electrons. The van der Waals surface area contributed by atoms with Crippen LogP contribution in [0.4, 0.5) is 5.69 Å². The molecule has 0 saturated carbocycles. The van der Waals surface area contributed by atoms with E-state index in [2.05, 4.69) is 51.3 Å². The van der Waals surface area contributed by atoms with Gasteiger partial charge in [-0.3, -0.25) is 0 Å². The summed E-state index contributed by atoms with van der Waals surface area (Å²) in [6, 6.07) is 6.58. The molecule has 1 aliphatic heterocycles. The molecule has 1 aliphatic rings. The summed E-state index contributed by atoms with van der Waals surface area (Å²) in [5.41, 5.74) is 2.55. The molecule has 2 N–H and O–H groups in total. The van der Waals surface area contributed by atoms with Crippen LogP contribution in [0.3, 0.4) is 0 Å². The van der Waals surface area contributed by atoms with E-state index < -0.39 is 0 Å². The molecule has 4 heteroatoms. The highest BCUT2D eigenvalue weighted by atomic mass is 79.9. The van der Waals surface area contributed by atoms with Gasteiger partial charge in [0.25, 0.3) is 0 Å². The Morgan fingerprint density at radius 3 is 3.00 bits per heavy atom. The van der Waals surface area contributed by atoms with Crippen molar-refractivity contribution in [3.8, 4) is 0 Å². The standard InChI is InChI=1S/C15H23BrN2O/c1-2-17-9-13-5-6-14(8-15(13)16)18-7-3-4-12(10-18)11-19/h5-6,8,12,17,19H,2-4,7,9-11H2,1H3. The smallest absolute Gasteiger partial charge is 0.0476 e. The topological polar surface area (TPSA) is 35.5 Å². The summed E-state index contributed by atoms with van der Waals surface area (Å²) in [7, 11) is 0. The van der Waals surface area contributed by atoms with Crippen molar-refractivity contribution < 1.29 is 5.11 Å². The molecule has 1 aromatic carbocycles. The van der Waals surface area contributed by atoms with E-state index in [-0.39, 0.29) is 0 Å². The van der Waals surface area contributed by atoms with E-state index in [1.807, 2.05) is 0 Å². The molecule has 1 unspecified atom stereocenters. The minimum Gasteiger partial charge on any atom is -0.396 e. The predicted molar refractivity (Wildman–Crippen MR) is 83.5 cm³/mol. The number of halogens is 1. The second-order valence-corrected chi connectivity index (χ2v) is 6.05. The Balaban J connectivity index is 2.06. The molecule has 0 radical (unpaired) electrons. The molecule has 1 saturated heterocycles. The van der Waals surface area contributed by atoms with E-state index in [9.17, 15) is 5.11 Å². The van der Waals surface area contributed by atoms with Crippen LogP contribution < -0.4 is 10.2 Å². The number of rotatable bonds is 5. The summed E-state index contributed by atoms with van der Waals surface area (Å²) >= 11 is 3.66. The molecule has 3 nitrogen and oxygen atoms in total. The first-order chi connectivity index (χ1) is 9.24. The highest BCUT2D eigenvalue weighted by molar-refractivity contribution is 9.10. The highest BCUT2D eigenvalue weighted by Crippen LogP contribution is 2.27. The largest absolute Gasteiger partial charge is 0.396 e. The maximum atomic E-state index is 9.31. The summed E-state index contributed by atoms with van der Waals surface area (Å²) in [5, 5.41) is 12.7. The highest BCUT2D eigenvalue weighted by Gasteiger charge is 2.19. The molecule has 1 heterocycles. The van der Waals surface area contributed by atoms with E-state index in [1.165, 1.54) is 17.7 Å².